The monoisotopic (exact) mass is 322 g/mol. The standard InChI is InChI=1S/C24H34/c1-6-7-8-9-10-11-24(22-14-12-18(2)20(4)16-22)23-15-13-19(3)21(5)17-23/h12-17,24H,6-11H2,1-5H3. The molecule has 0 aromatic heterocycles. The minimum absolute atomic E-state index is 0.533. The minimum Gasteiger partial charge on any atom is -0.0654 e. The number of rotatable bonds is 8. The molecule has 0 saturated carbocycles. The molecule has 0 aliphatic rings. The summed E-state index contributed by atoms with van der Waals surface area (Å²) < 4.78 is 0. The summed E-state index contributed by atoms with van der Waals surface area (Å²) in [5.41, 5.74) is 8.56. The fraction of sp³-hybridized carbons (Fsp3) is 0.500. The van der Waals surface area contributed by atoms with Crippen LogP contribution in [0.5, 0.6) is 0 Å². The normalized spacial score (nSPS) is 11.2. The van der Waals surface area contributed by atoms with E-state index in [1.54, 1.807) is 0 Å². The van der Waals surface area contributed by atoms with E-state index in [0.717, 1.165) is 0 Å². The molecule has 0 nitrogen and oxygen atoms in total. The van der Waals surface area contributed by atoms with Gasteiger partial charge in [-0.3, -0.25) is 0 Å². The van der Waals surface area contributed by atoms with Crippen LogP contribution in [0.2, 0.25) is 0 Å². The van der Waals surface area contributed by atoms with Gasteiger partial charge in [0.1, 0.15) is 0 Å². The van der Waals surface area contributed by atoms with Gasteiger partial charge in [0.15, 0.2) is 0 Å². The van der Waals surface area contributed by atoms with E-state index in [0.29, 0.717) is 5.92 Å². The van der Waals surface area contributed by atoms with E-state index >= 15 is 0 Å². The van der Waals surface area contributed by atoms with Gasteiger partial charge in [-0.05, 0) is 67.5 Å². The Kier molecular flexibility index (Phi) is 7.09. The van der Waals surface area contributed by atoms with E-state index in [4.69, 9.17) is 0 Å². The van der Waals surface area contributed by atoms with Gasteiger partial charge < -0.3 is 0 Å². The first-order valence-corrected chi connectivity index (χ1v) is 9.67. The zero-order valence-electron chi connectivity index (χ0n) is 16.3. The summed E-state index contributed by atoms with van der Waals surface area (Å²) in [6.45, 7) is 11.2. The number of unbranched alkanes of at least 4 members (excludes halogenated alkanes) is 4. The van der Waals surface area contributed by atoms with Crippen LogP contribution in [0.4, 0.5) is 0 Å². The summed E-state index contributed by atoms with van der Waals surface area (Å²) in [5.74, 6) is 0.533. The average Bonchev–Trinajstić information content (AvgIpc) is 2.56. The quantitative estimate of drug-likeness (QED) is 0.444. The van der Waals surface area contributed by atoms with Gasteiger partial charge in [0, 0.05) is 5.92 Å². The van der Waals surface area contributed by atoms with Crippen molar-refractivity contribution in [2.45, 2.75) is 79.1 Å². The predicted octanol–water partition coefficient (Wildman–Crippen LogP) is 7.41. The molecule has 0 heterocycles. The summed E-state index contributed by atoms with van der Waals surface area (Å²) in [6, 6.07) is 14.1. The van der Waals surface area contributed by atoms with Crippen molar-refractivity contribution >= 4 is 0 Å². The van der Waals surface area contributed by atoms with E-state index in [2.05, 4.69) is 71.0 Å². The van der Waals surface area contributed by atoms with Crippen LogP contribution in [0.25, 0.3) is 0 Å². The highest BCUT2D eigenvalue weighted by Gasteiger charge is 2.15. The summed E-state index contributed by atoms with van der Waals surface area (Å²) in [7, 11) is 0. The molecule has 0 saturated heterocycles. The van der Waals surface area contributed by atoms with Gasteiger partial charge in [0.05, 0.1) is 0 Å². The third kappa shape index (κ3) is 4.97. The molecule has 0 radical (unpaired) electrons. The second kappa shape index (κ2) is 9.06. The molecular weight excluding hydrogens is 288 g/mol. The highest BCUT2D eigenvalue weighted by atomic mass is 14.2. The highest BCUT2D eigenvalue weighted by molar-refractivity contribution is 5.40. The summed E-state index contributed by atoms with van der Waals surface area (Å²) in [4.78, 5) is 0. The molecule has 0 fully saturated rings. The topological polar surface area (TPSA) is 0 Å². The van der Waals surface area contributed by atoms with Crippen molar-refractivity contribution in [3.63, 3.8) is 0 Å². The molecule has 0 atom stereocenters. The lowest BCUT2D eigenvalue weighted by molar-refractivity contribution is 0.580. The van der Waals surface area contributed by atoms with Gasteiger partial charge in [0.2, 0.25) is 0 Å². The molecule has 0 heteroatoms. The van der Waals surface area contributed by atoms with Crippen molar-refractivity contribution in [3.8, 4) is 0 Å². The Morgan fingerprint density at radius 1 is 0.625 bits per heavy atom. The summed E-state index contributed by atoms with van der Waals surface area (Å²) >= 11 is 0. The number of hydrogen-bond donors (Lipinski definition) is 0. The zero-order valence-corrected chi connectivity index (χ0v) is 16.3. The second-order valence-corrected chi connectivity index (χ2v) is 7.44. The Hall–Kier alpha value is -1.56. The SMILES string of the molecule is CCCCCCCC(c1ccc(C)c(C)c1)c1ccc(C)c(C)c1. The van der Waals surface area contributed by atoms with Crippen LogP contribution in [-0.2, 0) is 0 Å². The van der Waals surface area contributed by atoms with Crippen LogP contribution in [0, 0.1) is 27.7 Å². The molecule has 0 bridgehead atoms. The second-order valence-electron chi connectivity index (χ2n) is 7.44. The van der Waals surface area contributed by atoms with Crippen LogP contribution in [0.3, 0.4) is 0 Å². The maximum atomic E-state index is 2.40. The van der Waals surface area contributed by atoms with Gasteiger partial charge in [-0.25, -0.2) is 0 Å². The zero-order chi connectivity index (χ0) is 17.5. The first-order valence-electron chi connectivity index (χ1n) is 9.67. The molecule has 2 rings (SSSR count). The average molecular weight is 323 g/mol. The lowest BCUT2D eigenvalue weighted by Crippen LogP contribution is -2.03. The lowest BCUT2D eigenvalue weighted by Gasteiger charge is -2.20. The molecule has 0 unspecified atom stereocenters. The number of hydrogen-bond acceptors (Lipinski definition) is 0. The Morgan fingerprint density at radius 3 is 1.58 bits per heavy atom. The fourth-order valence-electron chi connectivity index (χ4n) is 3.44. The molecule has 0 N–H and O–H groups in total. The Bertz CT molecular complexity index is 600. The lowest BCUT2D eigenvalue weighted by atomic mass is 9.84. The Morgan fingerprint density at radius 2 is 1.12 bits per heavy atom. The van der Waals surface area contributed by atoms with Crippen LogP contribution >= 0.6 is 0 Å². The van der Waals surface area contributed by atoms with Crippen LogP contribution in [0.1, 0.15) is 84.7 Å². The summed E-state index contributed by atoms with van der Waals surface area (Å²) in [6.07, 6.45) is 8.01. The van der Waals surface area contributed by atoms with E-state index in [1.165, 1.54) is 71.9 Å². The maximum Gasteiger partial charge on any atom is 0.00895 e. The van der Waals surface area contributed by atoms with Crippen molar-refractivity contribution in [2.24, 2.45) is 0 Å². The van der Waals surface area contributed by atoms with Gasteiger partial charge in [-0.1, -0.05) is 75.4 Å². The molecule has 2 aromatic rings. The van der Waals surface area contributed by atoms with Crippen molar-refractivity contribution in [1.29, 1.82) is 0 Å². The van der Waals surface area contributed by atoms with Gasteiger partial charge >= 0.3 is 0 Å². The molecule has 2 aromatic carbocycles. The van der Waals surface area contributed by atoms with Gasteiger partial charge in [0.25, 0.3) is 0 Å². The maximum absolute atomic E-state index is 2.40. The van der Waals surface area contributed by atoms with Crippen LogP contribution < -0.4 is 0 Å². The Balaban J connectivity index is 2.23. The molecule has 0 aliphatic heterocycles. The van der Waals surface area contributed by atoms with Gasteiger partial charge in [-0.15, -0.1) is 0 Å². The minimum atomic E-state index is 0.533. The number of aryl methyl sites for hydroxylation is 4. The Labute approximate surface area is 149 Å². The van der Waals surface area contributed by atoms with E-state index in [-0.39, 0.29) is 0 Å². The molecule has 0 aliphatic carbocycles. The van der Waals surface area contributed by atoms with E-state index < -0.39 is 0 Å². The van der Waals surface area contributed by atoms with Crippen molar-refractivity contribution in [3.05, 3.63) is 69.8 Å². The van der Waals surface area contributed by atoms with Crippen molar-refractivity contribution < 1.29 is 0 Å². The van der Waals surface area contributed by atoms with Gasteiger partial charge in [-0.2, -0.15) is 0 Å². The molecular formula is C24H34. The van der Waals surface area contributed by atoms with E-state index in [9.17, 15) is 0 Å². The largest absolute Gasteiger partial charge is 0.0654 e. The van der Waals surface area contributed by atoms with Crippen molar-refractivity contribution in [2.75, 3.05) is 0 Å². The van der Waals surface area contributed by atoms with Crippen LogP contribution in [-0.4, -0.2) is 0 Å². The third-order valence-corrected chi connectivity index (χ3v) is 5.46. The first kappa shape index (κ1) is 18.8. The van der Waals surface area contributed by atoms with Crippen molar-refractivity contribution in [1.82, 2.24) is 0 Å². The molecule has 0 amide bonds. The smallest absolute Gasteiger partial charge is 0.00895 e. The highest BCUT2D eigenvalue weighted by Crippen LogP contribution is 2.32. The fourth-order valence-corrected chi connectivity index (χ4v) is 3.44. The predicted molar refractivity (Wildman–Crippen MR) is 107 cm³/mol. The first-order chi connectivity index (χ1) is 11.5. The van der Waals surface area contributed by atoms with E-state index in [1.807, 2.05) is 0 Å². The molecule has 24 heavy (non-hydrogen) atoms. The molecule has 0 spiro atoms. The van der Waals surface area contributed by atoms with Crippen LogP contribution in [0.15, 0.2) is 36.4 Å². The molecule has 130 valence electrons. The third-order valence-electron chi connectivity index (χ3n) is 5.46. The number of benzene rings is 2. The summed E-state index contributed by atoms with van der Waals surface area (Å²) in [5, 5.41) is 0.